The molecule has 5 nitrogen and oxygen atoms in total. The van der Waals surface area contributed by atoms with Crippen LogP contribution in [0.3, 0.4) is 0 Å². The van der Waals surface area contributed by atoms with Crippen LogP contribution in [0.1, 0.15) is 5.56 Å². The molecule has 76 valence electrons. The Morgan fingerprint density at radius 1 is 1.38 bits per heavy atom. The van der Waals surface area contributed by atoms with Crippen molar-refractivity contribution >= 4 is 16.6 Å². The number of hydrogen-bond acceptors (Lipinski definition) is 2. The summed E-state index contributed by atoms with van der Waals surface area (Å²) in [6.45, 7) is 7.20. The van der Waals surface area contributed by atoms with Gasteiger partial charge in [0.1, 0.15) is 0 Å². The number of hydrogen-bond donors (Lipinski definition) is 0. The second-order valence-corrected chi connectivity index (χ2v) is 3.22. The Kier molecular flexibility index (Phi) is 2.68. The predicted molar refractivity (Wildman–Crippen MR) is 60.9 cm³/mol. The summed E-state index contributed by atoms with van der Waals surface area (Å²) < 4.78 is 0. The van der Waals surface area contributed by atoms with Crippen molar-refractivity contribution in [3.63, 3.8) is 0 Å². The maximum absolute atomic E-state index is 8.22. The number of rotatable bonds is 2. The molecule has 0 spiro atoms. The molecule has 0 radical (unpaired) electrons. The van der Waals surface area contributed by atoms with Gasteiger partial charge in [0.05, 0.1) is 18.6 Å². The summed E-state index contributed by atoms with van der Waals surface area (Å²) in [5, 5.41) is 4.40. The monoisotopic (exact) mass is 209 g/mol. The molecule has 1 aromatic heterocycles. The minimum Gasteiger partial charge on any atom is -0.268 e. The third kappa shape index (κ3) is 1.92. The molecular formula is C11H7N5. The van der Waals surface area contributed by atoms with Crippen molar-refractivity contribution in [3.8, 4) is 0 Å². The van der Waals surface area contributed by atoms with E-state index in [1.807, 2.05) is 18.2 Å². The Balaban J connectivity index is 2.48. The van der Waals surface area contributed by atoms with E-state index in [-0.39, 0.29) is 0 Å². The number of pyridine rings is 1. The molecule has 0 saturated carbocycles. The molecule has 1 aromatic carbocycles. The molecule has 0 unspecified atom stereocenters. The lowest BCUT2D eigenvalue weighted by Crippen LogP contribution is -1.83. The molecule has 0 N–H and O–H groups in total. The van der Waals surface area contributed by atoms with Crippen molar-refractivity contribution in [1.29, 1.82) is 0 Å². The lowest BCUT2D eigenvalue weighted by Gasteiger charge is -2.00. The quantitative estimate of drug-likeness (QED) is 0.322. The van der Waals surface area contributed by atoms with Gasteiger partial charge in [-0.1, -0.05) is 17.2 Å². The summed E-state index contributed by atoms with van der Waals surface area (Å²) in [6, 6.07) is 7.38. The summed E-state index contributed by atoms with van der Waals surface area (Å²) >= 11 is 0. The van der Waals surface area contributed by atoms with Gasteiger partial charge in [-0.15, -0.1) is 0 Å². The molecular weight excluding hydrogens is 202 g/mol. The molecule has 0 atom stereocenters. The van der Waals surface area contributed by atoms with E-state index < -0.39 is 0 Å². The van der Waals surface area contributed by atoms with Gasteiger partial charge in [0.25, 0.3) is 0 Å². The van der Waals surface area contributed by atoms with E-state index >= 15 is 0 Å². The fourth-order valence-electron chi connectivity index (χ4n) is 1.43. The Morgan fingerprint density at radius 2 is 2.25 bits per heavy atom. The van der Waals surface area contributed by atoms with E-state index in [2.05, 4.69) is 19.9 Å². The second-order valence-electron chi connectivity index (χ2n) is 3.22. The van der Waals surface area contributed by atoms with Crippen LogP contribution in [-0.4, -0.2) is 4.98 Å². The molecule has 0 aliphatic heterocycles. The first-order valence-corrected chi connectivity index (χ1v) is 4.60. The largest absolute Gasteiger partial charge is 0.268 e. The van der Waals surface area contributed by atoms with Gasteiger partial charge in [0.2, 0.25) is 5.69 Å². The van der Waals surface area contributed by atoms with Crippen molar-refractivity contribution in [2.75, 3.05) is 0 Å². The lowest BCUT2D eigenvalue weighted by atomic mass is 10.1. The van der Waals surface area contributed by atoms with E-state index in [0.717, 1.165) is 16.5 Å². The highest BCUT2D eigenvalue weighted by Gasteiger charge is 1.98. The van der Waals surface area contributed by atoms with Crippen LogP contribution >= 0.6 is 0 Å². The molecule has 2 rings (SSSR count). The van der Waals surface area contributed by atoms with E-state index in [9.17, 15) is 0 Å². The molecule has 1 heterocycles. The van der Waals surface area contributed by atoms with Crippen molar-refractivity contribution in [1.82, 2.24) is 4.98 Å². The molecule has 0 aliphatic carbocycles. The predicted octanol–water partition coefficient (Wildman–Crippen LogP) is 3.60. The third-order valence-electron chi connectivity index (χ3n) is 2.18. The maximum Gasteiger partial charge on any atom is 0.205 e. The molecule has 0 aliphatic rings. The Bertz CT molecular complexity index is 620. The van der Waals surface area contributed by atoms with Crippen LogP contribution in [0.4, 0.5) is 5.69 Å². The topological polar surface area (TPSA) is 66.0 Å². The van der Waals surface area contributed by atoms with Crippen LogP contribution < -0.4 is 0 Å². The number of aromatic nitrogens is 1. The second kappa shape index (κ2) is 4.30. The average Bonchev–Trinajstić information content (AvgIpc) is 2.35. The minimum atomic E-state index is 0.318. The van der Waals surface area contributed by atoms with Gasteiger partial charge in [-0.2, -0.15) is 0 Å². The van der Waals surface area contributed by atoms with Crippen LogP contribution in [0.5, 0.6) is 0 Å². The zero-order valence-electron chi connectivity index (χ0n) is 8.33. The van der Waals surface area contributed by atoms with Gasteiger partial charge < -0.3 is 0 Å². The first-order valence-electron chi connectivity index (χ1n) is 4.60. The Morgan fingerprint density at radius 3 is 3.00 bits per heavy atom. The van der Waals surface area contributed by atoms with Crippen LogP contribution in [-0.2, 0) is 6.54 Å². The van der Waals surface area contributed by atoms with Crippen LogP contribution in [0.2, 0.25) is 0 Å². The molecule has 5 heteroatoms. The fourth-order valence-corrected chi connectivity index (χ4v) is 1.43. The van der Waals surface area contributed by atoms with Gasteiger partial charge in [-0.3, -0.25) is 4.98 Å². The maximum atomic E-state index is 8.22. The Labute approximate surface area is 91.8 Å². The summed E-state index contributed by atoms with van der Waals surface area (Å²) in [7, 11) is 0. The molecule has 0 saturated heterocycles. The molecule has 16 heavy (non-hydrogen) atoms. The summed E-state index contributed by atoms with van der Waals surface area (Å²) in [4.78, 5) is 10.2. The SMILES string of the molecule is [C-]#[N+]c1cnc2cc(CN=[N+]=[N-])ccc2c1. The molecule has 2 aromatic rings. The van der Waals surface area contributed by atoms with Crippen molar-refractivity contribution < 1.29 is 0 Å². The standard InChI is InChI=1S/C11H7N5/c1-13-10-5-9-3-2-8(6-15-16-12)4-11(9)14-7-10/h2-5,7H,6H2. The number of fused-ring (bicyclic) bond motifs is 1. The Hall–Kier alpha value is -2.57. The van der Waals surface area contributed by atoms with Crippen LogP contribution in [0, 0.1) is 6.57 Å². The van der Waals surface area contributed by atoms with Gasteiger partial charge in [0.15, 0.2) is 0 Å². The molecule has 0 fully saturated rings. The smallest absolute Gasteiger partial charge is 0.205 e. The van der Waals surface area contributed by atoms with Crippen molar-refractivity contribution in [3.05, 3.63) is 57.9 Å². The normalized spacial score (nSPS) is 9.44. The van der Waals surface area contributed by atoms with Crippen molar-refractivity contribution in [2.24, 2.45) is 5.11 Å². The number of benzene rings is 1. The highest BCUT2D eigenvalue weighted by Crippen LogP contribution is 2.20. The van der Waals surface area contributed by atoms with E-state index in [1.54, 1.807) is 6.07 Å². The van der Waals surface area contributed by atoms with Gasteiger partial charge in [0, 0.05) is 11.1 Å². The summed E-state index contributed by atoms with van der Waals surface area (Å²) in [6.07, 6.45) is 1.53. The number of nitrogens with zero attached hydrogens (tertiary/aromatic N) is 5. The first-order chi connectivity index (χ1) is 7.83. The van der Waals surface area contributed by atoms with Crippen LogP contribution in [0.15, 0.2) is 35.6 Å². The molecule has 0 bridgehead atoms. The fraction of sp³-hybridized carbons (Fsp3) is 0.0909. The zero-order valence-corrected chi connectivity index (χ0v) is 8.33. The zero-order chi connectivity index (χ0) is 11.4. The first kappa shape index (κ1) is 9.97. The van der Waals surface area contributed by atoms with Gasteiger partial charge in [-0.25, -0.2) is 4.85 Å². The third-order valence-corrected chi connectivity index (χ3v) is 2.18. The van der Waals surface area contributed by atoms with Gasteiger partial charge >= 0.3 is 0 Å². The summed E-state index contributed by atoms with van der Waals surface area (Å²) in [5.74, 6) is 0. The molecule has 0 amide bonds. The van der Waals surface area contributed by atoms with E-state index in [0.29, 0.717) is 12.2 Å². The number of azide groups is 1. The minimum absolute atomic E-state index is 0.318. The highest BCUT2D eigenvalue weighted by atomic mass is 15.1. The van der Waals surface area contributed by atoms with E-state index in [4.69, 9.17) is 12.1 Å². The van der Waals surface area contributed by atoms with Crippen LogP contribution in [0.25, 0.3) is 26.2 Å². The lowest BCUT2D eigenvalue weighted by molar-refractivity contribution is 1.05. The van der Waals surface area contributed by atoms with Crippen molar-refractivity contribution in [2.45, 2.75) is 6.54 Å². The highest BCUT2D eigenvalue weighted by molar-refractivity contribution is 5.82. The van der Waals surface area contributed by atoms with E-state index in [1.165, 1.54) is 6.20 Å². The van der Waals surface area contributed by atoms with Gasteiger partial charge in [-0.05, 0) is 28.6 Å². The summed E-state index contributed by atoms with van der Waals surface area (Å²) in [5.41, 5.74) is 10.5. The average molecular weight is 209 g/mol.